The van der Waals surface area contributed by atoms with Crippen LogP contribution >= 0.6 is 11.6 Å². The van der Waals surface area contributed by atoms with Crippen molar-refractivity contribution in [3.05, 3.63) is 23.0 Å². The molecule has 0 amide bonds. The Kier molecular flexibility index (Phi) is 2.28. The molecule has 0 fully saturated rings. The summed E-state index contributed by atoms with van der Waals surface area (Å²) in [5.74, 6) is -7.53. The molecule has 1 nitrogen and oxygen atoms in total. The van der Waals surface area contributed by atoms with Crippen LogP contribution in [0.25, 0.3) is 0 Å². The fraction of sp³-hybridized carbons (Fsp3) is 0.286. The zero-order valence-electron chi connectivity index (χ0n) is 5.65. The molecule has 0 saturated carbocycles. The van der Waals surface area contributed by atoms with Crippen LogP contribution in [0.15, 0.2) is 23.0 Å². The summed E-state index contributed by atoms with van der Waals surface area (Å²) in [5, 5.41) is -0.406. The third kappa shape index (κ3) is 1.27. The Labute approximate surface area is 71.5 Å². The van der Waals surface area contributed by atoms with Crippen molar-refractivity contribution in [1.29, 1.82) is 0 Å². The maximum atomic E-state index is 12.7. The molecule has 0 aliphatic heterocycles. The first kappa shape index (κ1) is 9.32. The van der Waals surface area contributed by atoms with Gasteiger partial charge in [-0.25, -0.2) is 4.39 Å². The normalized spacial score (nSPS) is 27.5. The summed E-state index contributed by atoms with van der Waals surface area (Å²) in [7, 11) is 0. The van der Waals surface area contributed by atoms with E-state index < -0.39 is 22.7 Å². The number of halogens is 4. The van der Waals surface area contributed by atoms with E-state index in [0.717, 1.165) is 12.4 Å². The van der Waals surface area contributed by atoms with Crippen LogP contribution in [-0.4, -0.2) is 12.2 Å². The number of carbonyl (C=O) groups excluding carboxylic acids is 1. The van der Waals surface area contributed by atoms with Crippen molar-refractivity contribution in [2.24, 2.45) is 5.92 Å². The van der Waals surface area contributed by atoms with Gasteiger partial charge in [0.05, 0.1) is 0 Å². The van der Waals surface area contributed by atoms with Crippen molar-refractivity contribution in [3.63, 3.8) is 0 Å². The van der Waals surface area contributed by atoms with Gasteiger partial charge in [-0.3, -0.25) is 4.79 Å². The highest BCUT2D eigenvalue weighted by molar-refractivity contribution is 6.31. The Morgan fingerprint density at radius 2 is 2.08 bits per heavy atom. The van der Waals surface area contributed by atoms with Crippen LogP contribution in [0.1, 0.15) is 0 Å². The summed E-state index contributed by atoms with van der Waals surface area (Å²) < 4.78 is 37.8. The summed E-state index contributed by atoms with van der Waals surface area (Å²) in [6.45, 7) is 0. The topological polar surface area (TPSA) is 17.1 Å². The van der Waals surface area contributed by atoms with Gasteiger partial charge in [0.1, 0.15) is 5.92 Å². The van der Waals surface area contributed by atoms with Crippen molar-refractivity contribution in [2.45, 2.75) is 5.92 Å². The third-order valence-corrected chi connectivity index (χ3v) is 1.81. The van der Waals surface area contributed by atoms with Crippen LogP contribution in [0.5, 0.6) is 0 Å². The van der Waals surface area contributed by atoms with Gasteiger partial charge in [0.2, 0.25) is 6.29 Å². The third-order valence-electron chi connectivity index (χ3n) is 1.46. The molecule has 1 radical (unpaired) electrons. The molecule has 1 aliphatic rings. The number of rotatable bonds is 1. The molecule has 1 rings (SSSR count). The molecule has 5 heteroatoms. The molecule has 0 aromatic carbocycles. The van der Waals surface area contributed by atoms with Gasteiger partial charge in [-0.05, 0) is 12.2 Å². The van der Waals surface area contributed by atoms with Crippen LogP contribution in [0.4, 0.5) is 13.2 Å². The van der Waals surface area contributed by atoms with Crippen molar-refractivity contribution in [3.8, 4) is 0 Å². The van der Waals surface area contributed by atoms with Crippen molar-refractivity contribution >= 4 is 17.9 Å². The standard InChI is InChI=1S/C7H3ClF3O/c8-5-1-2-6(9)7(10,11)4(5)3-12/h1-2,4H. The monoisotopic (exact) mass is 195 g/mol. The molecule has 1 unspecified atom stereocenters. The molecule has 0 heterocycles. The molecule has 12 heavy (non-hydrogen) atoms. The fourth-order valence-corrected chi connectivity index (χ4v) is 1.05. The lowest BCUT2D eigenvalue weighted by atomic mass is 9.97. The van der Waals surface area contributed by atoms with Crippen LogP contribution < -0.4 is 0 Å². The largest absolute Gasteiger partial charge is 0.313 e. The molecule has 0 aromatic rings. The number of allylic oxidation sites excluding steroid dienone is 4. The highest BCUT2D eigenvalue weighted by atomic mass is 35.5. The Morgan fingerprint density at radius 1 is 1.50 bits per heavy atom. The minimum absolute atomic E-state index is 0.406. The first-order valence-electron chi connectivity index (χ1n) is 2.99. The Morgan fingerprint density at radius 3 is 2.50 bits per heavy atom. The van der Waals surface area contributed by atoms with E-state index in [9.17, 15) is 18.0 Å². The van der Waals surface area contributed by atoms with E-state index in [4.69, 9.17) is 11.6 Å². The smallest absolute Gasteiger partial charge is 0.290 e. The van der Waals surface area contributed by atoms with Gasteiger partial charge in [-0.2, -0.15) is 8.78 Å². The summed E-state index contributed by atoms with van der Waals surface area (Å²) in [5.41, 5.74) is 0. The number of alkyl halides is 2. The van der Waals surface area contributed by atoms with E-state index >= 15 is 0 Å². The Bertz CT molecular complexity index is 270. The van der Waals surface area contributed by atoms with Crippen LogP contribution in [-0.2, 0) is 4.79 Å². The molecular formula is C7H3ClF3O. The molecule has 0 saturated heterocycles. The second-order valence-corrected chi connectivity index (χ2v) is 2.68. The van der Waals surface area contributed by atoms with E-state index in [1.54, 1.807) is 0 Å². The quantitative estimate of drug-likeness (QED) is 0.628. The number of hydrogen-bond acceptors (Lipinski definition) is 1. The lowest BCUT2D eigenvalue weighted by molar-refractivity contribution is -0.00407. The zero-order chi connectivity index (χ0) is 9.35. The first-order chi connectivity index (χ1) is 5.50. The minimum atomic E-state index is -3.85. The van der Waals surface area contributed by atoms with Crippen LogP contribution in [0, 0.1) is 5.92 Å². The van der Waals surface area contributed by atoms with Gasteiger partial charge in [0.15, 0.2) is 5.83 Å². The molecule has 1 aliphatic carbocycles. The summed E-state index contributed by atoms with van der Waals surface area (Å²) in [6.07, 6.45) is 2.45. The zero-order valence-corrected chi connectivity index (χ0v) is 6.41. The highest BCUT2D eigenvalue weighted by Gasteiger charge is 2.48. The summed E-state index contributed by atoms with van der Waals surface area (Å²) >= 11 is 5.24. The Hall–Kier alpha value is -0.770. The van der Waals surface area contributed by atoms with Crippen LogP contribution in [0.2, 0.25) is 0 Å². The van der Waals surface area contributed by atoms with Gasteiger partial charge in [-0.1, -0.05) is 11.6 Å². The van der Waals surface area contributed by atoms with Gasteiger partial charge in [0, 0.05) is 5.03 Å². The molecule has 0 aromatic heterocycles. The van der Waals surface area contributed by atoms with E-state index in [2.05, 4.69) is 0 Å². The van der Waals surface area contributed by atoms with Crippen LogP contribution in [0.3, 0.4) is 0 Å². The molecule has 0 spiro atoms. The maximum absolute atomic E-state index is 12.7. The maximum Gasteiger partial charge on any atom is 0.313 e. The second kappa shape index (κ2) is 2.94. The summed E-state index contributed by atoms with van der Waals surface area (Å²) in [6, 6.07) is 0. The SMILES string of the molecule is O=[C]C1C(Cl)=CC=C(F)C1(F)F. The van der Waals surface area contributed by atoms with E-state index in [0.29, 0.717) is 6.08 Å². The minimum Gasteiger partial charge on any atom is -0.290 e. The molecular weight excluding hydrogens is 193 g/mol. The first-order valence-corrected chi connectivity index (χ1v) is 3.36. The molecule has 1 atom stereocenters. The second-order valence-electron chi connectivity index (χ2n) is 2.24. The average Bonchev–Trinajstić information content (AvgIpc) is 1.98. The molecule has 65 valence electrons. The average molecular weight is 196 g/mol. The lowest BCUT2D eigenvalue weighted by Gasteiger charge is -2.22. The molecule has 0 N–H and O–H groups in total. The van der Waals surface area contributed by atoms with Crippen molar-refractivity contribution in [1.82, 2.24) is 0 Å². The van der Waals surface area contributed by atoms with Gasteiger partial charge >= 0.3 is 5.92 Å². The highest BCUT2D eigenvalue weighted by Crippen LogP contribution is 2.40. The molecule has 0 bridgehead atoms. The van der Waals surface area contributed by atoms with Crippen molar-refractivity contribution < 1.29 is 18.0 Å². The predicted molar refractivity (Wildman–Crippen MR) is 37.3 cm³/mol. The van der Waals surface area contributed by atoms with Gasteiger partial charge in [-0.15, -0.1) is 0 Å². The van der Waals surface area contributed by atoms with E-state index in [-0.39, 0.29) is 0 Å². The summed E-state index contributed by atoms with van der Waals surface area (Å²) in [4.78, 5) is 10.0. The van der Waals surface area contributed by atoms with E-state index in [1.165, 1.54) is 0 Å². The van der Waals surface area contributed by atoms with Crippen molar-refractivity contribution in [2.75, 3.05) is 0 Å². The van der Waals surface area contributed by atoms with E-state index in [1.807, 2.05) is 0 Å². The predicted octanol–water partition coefficient (Wildman–Crippen LogP) is 2.34. The Balaban J connectivity index is 3.10. The lowest BCUT2D eigenvalue weighted by Crippen LogP contribution is -2.32. The number of hydrogen-bond donors (Lipinski definition) is 0. The van der Waals surface area contributed by atoms with Gasteiger partial charge < -0.3 is 0 Å². The fourth-order valence-electron chi connectivity index (χ4n) is 0.801. The van der Waals surface area contributed by atoms with Gasteiger partial charge in [0.25, 0.3) is 0 Å².